The summed E-state index contributed by atoms with van der Waals surface area (Å²) in [5.41, 5.74) is 10.5. The molecule has 1 amide bonds. The van der Waals surface area contributed by atoms with Crippen molar-refractivity contribution in [3.05, 3.63) is 0 Å². The van der Waals surface area contributed by atoms with Gasteiger partial charge in [-0.2, -0.15) is 0 Å². The summed E-state index contributed by atoms with van der Waals surface area (Å²) in [6.07, 6.45) is 18.9. The molecule has 156 valence electrons. The molecule has 27 heavy (non-hydrogen) atoms. The van der Waals surface area contributed by atoms with Crippen LogP contribution in [0.1, 0.15) is 91.3 Å². The van der Waals surface area contributed by atoms with Gasteiger partial charge in [-0.05, 0) is 25.7 Å². The molecule has 2 saturated carbocycles. The first-order valence-corrected chi connectivity index (χ1v) is 10.7. The largest absolute Gasteiger partial charge is 1.00 e. The third kappa shape index (κ3) is 18.3. The Bertz CT molecular complexity index is 325. The third-order valence-electron chi connectivity index (χ3n) is 5.35. The molecule has 0 atom stereocenters. The van der Waals surface area contributed by atoms with E-state index in [1.807, 2.05) is 0 Å². The molecule has 0 aromatic rings. The topological polar surface area (TPSA) is 93.2 Å². The van der Waals surface area contributed by atoms with Crippen molar-refractivity contribution in [3.8, 4) is 0 Å². The van der Waals surface area contributed by atoms with E-state index in [0.717, 1.165) is 19.1 Å². The molecular formula is C20H46AlLiN4O. The molecule has 0 bridgehead atoms. The van der Waals surface area contributed by atoms with Crippen LogP contribution in [0.15, 0.2) is 0 Å². The van der Waals surface area contributed by atoms with Crippen molar-refractivity contribution in [1.82, 2.24) is 10.6 Å². The molecule has 0 radical (unpaired) electrons. The molecule has 2 rings (SSSR count). The van der Waals surface area contributed by atoms with Gasteiger partial charge in [-0.15, -0.1) is 0 Å². The van der Waals surface area contributed by atoms with Crippen LogP contribution < -0.4 is 41.0 Å². The van der Waals surface area contributed by atoms with E-state index < -0.39 is 0 Å². The van der Waals surface area contributed by atoms with Gasteiger partial charge >= 0.3 is 18.9 Å². The summed E-state index contributed by atoms with van der Waals surface area (Å²) in [6.45, 7) is 2.10. The van der Waals surface area contributed by atoms with Gasteiger partial charge in [-0.1, -0.05) is 64.2 Å². The molecule has 6 N–H and O–H groups in total. The van der Waals surface area contributed by atoms with E-state index in [2.05, 4.69) is 10.6 Å². The van der Waals surface area contributed by atoms with Gasteiger partial charge in [0, 0.05) is 25.2 Å². The Morgan fingerprint density at radius 2 is 1.15 bits per heavy atom. The Morgan fingerprint density at radius 1 is 0.778 bits per heavy atom. The van der Waals surface area contributed by atoms with Gasteiger partial charge < -0.3 is 23.5 Å². The maximum absolute atomic E-state index is 10.6. The second-order valence-corrected chi connectivity index (χ2v) is 7.67. The van der Waals surface area contributed by atoms with Crippen LogP contribution >= 0.6 is 0 Å². The van der Waals surface area contributed by atoms with E-state index in [9.17, 15) is 4.79 Å². The molecule has 2 fully saturated rings. The number of nitrogens with one attached hydrogen (secondary N) is 2. The summed E-state index contributed by atoms with van der Waals surface area (Å²) in [5.74, 6) is -0.248. The summed E-state index contributed by atoms with van der Waals surface area (Å²) < 4.78 is 0. The molecule has 5 nitrogen and oxygen atoms in total. The Balaban J connectivity index is -0.000000404. The van der Waals surface area contributed by atoms with E-state index >= 15 is 0 Å². The van der Waals surface area contributed by atoms with Gasteiger partial charge in [0.05, 0.1) is 6.54 Å². The van der Waals surface area contributed by atoms with Crippen LogP contribution in [0.2, 0.25) is 0 Å². The van der Waals surface area contributed by atoms with Crippen LogP contribution in [0, 0.1) is 0 Å². The van der Waals surface area contributed by atoms with Crippen molar-refractivity contribution in [1.29, 1.82) is 0 Å². The van der Waals surface area contributed by atoms with E-state index in [-0.39, 0.29) is 43.6 Å². The van der Waals surface area contributed by atoms with Crippen molar-refractivity contribution in [3.63, 3.8) is 0 Å². The van der Waals surface area contributed by atoms with Gasteiger partial charge in [-0.25, -0.2) is 0 Å². The number of rotatable bonds is 6. The fraction of sp³-hybridized carbons (Fsp3) is 0.950. The maximum atomic E-state index is 10.6. The quantitative estimate of drug-likeness (QED) is 0.425. The number of primary amides is 1. The first-order valence-electron chi connectivity index (χ1n) is 10.7. The monoisotopic (exact) mass is 392 g/mol. The zero-order chi connectivity index (χ0) is 18.2. The van der Waals surface area contributed by atoms with Crippen molar-refractivity contribution in [2.75, 3.05) is 19.6 Å². The third-order valence-corrected chi connectivity index (χ3v) is 5.35. The van der Waals surface area contributed by atoms with E-state index in [1.54, 1.807) is 0 Å². The minimum absolute atomic E-state index is 0. The number of hydrogen-bond donors (Lipinski definition) is 4. The van der Waals surface area contributed by atoms with Crippen LogP contribution in [0.3, 0.4) is 0 Å². The van der Waals surface area contributed by atoms with E-state index in [4.69, 9.17) is 11.5 Å². The van der Waals surface area contributed by atoms with Gasteiger partial charge in [0.15, 0.2) is 17.4 Å². The Hall–Kier alpha value is 0.480. The minimum atomic E-state index is -0.248. The summed E-state index contributed by atoms with van der Waals surface area (Å²) in [7, 11) is 0. The fourth-order valence-electron chi connectivity index (χ4n) is 3.85. The number of hydrogen-bond acceptors (Lipinski definition) is 4. The van der Waals surface area contributed by atoms with Crippen molar-refractivity contribution >= 4 is 23.3 Å². The Morgan fingerprint density at radius 3 is 1.52 bits per heavy atom. The van der Waals surface area contributed by atoms with Crippen molar-refractivity contribution < 1.29 is 25.1 Å². The van der Waals surface area contributed by atoms with Crippen LogP contribution in [-0.4, -0.2) is 55.0 Å². The summed E-state index contributed by atoms with van der Waals surface area (Å²) in [6, 6.07) is 1.28. The molecule has 7 heteroatoms. The van der Waals surface area contributed by atoms with Crippen molar-refractivity contribution in [2.24, 2.45) is 11.5 Å². The number of nitrogens with two attached hydrogens (primary N) is 2. The van der Waals surface area contributed by atoms with Crippen LogP contribution in [0.5, 0.6) is 0 Å². The molecule has 0 aromatic heterocycles. The van der Waals surface area contributed by atoms with Crippen LogP contribution in [0.25, 0.3) is 0 Å². The summed E-state index contributed by atoms with van der Waals surface area (Å²) in [5, 5.41) is 6.73. The molecule has 2 aliphatic carbocycles. The second-order valence-electron chi connectivity index (χ2n) is 7.67. The fourth-order valence-corrected chi connectivity index (χ4v) is 3.85. The summed E-state index contributed by atoms with van der Waals surface area (Å²) >= 11 is 0. The Kier molecular flexibility index (Phi) is 23.3. The second kappa shape index (κ2) is 21.2. The average molecular weight is 393 g/mol. The molecular weight excluding hydrogens is 346 g/mol. The number of carbonyl (C=O) groups is 1. The average Bonchev–Trinajstić information content (AvgIpc) is 2.53. The predicted octanol–water partition coefficient (Wildman–Crippen LogP) is -1.25. The zero-order valence-electron chi connectivity index (χ0n) is 18.2. The minimum Gasteiger partial charge on any atom is -1.00 e. The van der Waals surface area contributed by atoms with Crippen molar-refractivity contribution in [2.45, 2.75) is 102 Å². The maximum Gasteiger partial charge on any atom is 1.00 e. The van der Waals surface area contributed by atoms with Gasteiger partial charge in [0.2, 0.25) is 5.91 Å². The summed E-state index contributed by atoms with van der Waals surface area (Å²) in [4.78, 5) is 10.6. The van der Waals surface area contributed by atoms with Crippen LogP contribution in [-0.2, 0) is 4.79 Å². The molecule has 0 heterocycles. The van der Waals surface area contributed by atoms with Gasteiger partial charge in [0.1, 0.15) is 0 Å². The van der Waals surface area contributed by atoms with E-state index in [0.29, 0.717) is 12.6 Å². The molecule has 2 aliphatic rings. The molecule has 0 unspecified atom stereocenters. The molecule has 0 aliphatic heterocycles. The number of carbonyl (C=O) groups excluding carboxylic acids is 1. The zero-order valence-corrected chi connectivity index (χ0v) is 17.2. The first kappa shape index (κ1) is 29.7. The SMILES string of the molecule is NC(=O)CNC1CCCCCCC1.NCCNC1CCCCCCC1.[AlH3].[H-].[Li+]. The van der Waals surface area contributed by atoms with E-state index in [1.165, 1.54) is 89.9 Å². The predicted molar refractivity (Wildman–Crippen MR) is 118 cm³/mol. The Labute approximate surface area is 191 Å². The standard InChI is InChI=1S/C10H20N2O.C10H22N2.Al.Li.4H/c11-10(13)8-12-9-6-4-2-1-3-5-7-9;11-8-9-12-10-6-4-2-1-3-5-7-10;;;;;;/h9,12H,1-8H2,(H2,11,13);10,12H,1-9,11H2;;;;;;/q;;;+1;;;;-1. The van der Waals surface area contributed by atoms with Gasteiger partial charge in [-0.3, -0.25) is 4.79 Å². The first-order chi connectivity index (χ1) is 12.2. The number of amides is 1. The van der Waals surface area contributed by atoms with Gasteiger partial charge in [0.25, 0.3) is 0 Å². The molecule has 0 aromatic carbocycles. The smallest absolute Gasteiger partial charge is 1.00 e. The molecule has 0 saturated heterocycles. The normalized spacial score (nSPS) is 19.6. The molecule has 0 spiro atoms. The van der Waals surface area contributed by atoms with Crippen LogP contribution in [0.4, 0.5) is 0 Å².